The van der Waals surface area contributed by atoms with Crippen LogP contribution in [-0.2, 0) is 11.3 Å². The Morgan fingerprint density at radius 1 is 1.07 bits per heavy atom. The minimum absolute atomic E-state index is 0. The number of guanidine groups is 1. The van der Waals surface area contributed by atoms with E-state index in [1.54, 1.807) is 18.9 Å². The molecule has 8 heteroatoms. The molecule has 2 aromatic carbocycles. The quantitative estimate of drug-likeness (QED) is 0.185. The van der Waals surface area contributed by atoms with E-state index < -0.39 is 0 Å². The number of carbonyl (C=O) groups is 1. The van der Waals surface area contributed by atoms with Crippen molar-refractivity contribution in [1.29, 1.82) is 0 Å². The van der Waals surface area contributed by atoms with E-state index in [-0.39, 0.29) is 36.4 Å². The number of amides is 1. The highest BCUT2D eigenvalue weighted by molar-refractivity contribution is 14.0. The zero-order valence-electron chi connectivity index (χ0n) is 17.7. The van der Waals surface area contributed by atoms with Crippen LogP contribution in [0.5, 0.6) is 5.75 Å². The Labute approximate surface area is 200 Å². The van der Waals surface area contributed by atoms with Crippen LogP contribution in [0.4, 0.5) is 0 Å². The average Bonchev–Trinajstić information content (AvgIpc) is 2.75. The second-order valence-electron chi connectivity index (χ2n) is 6.44. The number of hydrogen-bond acceptors (Lipinski definition) is 4. The fourth-order valence-corrected chi connectivity index (χ4v) is 3.45. The van der Waals surface area contributed by atoms with Gasteiger partial charge in [-0.3, -0.25) is 4.79 Å². The maximum Gasteiger partial charge on any atom is 0.242 e. The van der Waals surface area contributed by atoms with Gasteiger partial charge in [0.05, 0.1) is 7.11 Å². The van der Waals surface area contributed by atoms with Gasteiger partial charge < -0.3 is 20.7 Å². The molecule has 0 saturated carbocycles. The largest absolute Gasteiger partial charge is 0.497 e. The van der Waals surface area contributed by atoms with Crippen LogP contribution in [0.2, 0.25) is 0 Å². The van der Waals surface area contributed by atoms with Gasteiger partial charge in [-0.25, -0.2) is 4.99 Å². The maximum atomic E-state index is 12.1. The first-order valence-electron chi connectivity index (χ1n) is 9.74. The predicted molar refractivity (Wildman–Crippen MR) is 136 cm³/mol. The summed E-state index contributed by atoms with van der Waals surface area (Å²) in [7, 11) is 1.63. The number of methoxy groups -OCH3 is 1. The molecular formula is C22H31IN4O2S. The van der Waals surface area contributed by atoms with Crippen molar-refractivity contribution in [3.8, 4) is 5.75 Å². The SMILES string of the molecule is CCNC(=NCC(=O)NCc1ccc(OC)cc1)NCC(C)Sc1ccccc1.I. The highest BCUT2D eigenvalue weighted by Gasteiger charge is 2.07. The molecule has 3 N–H and O–H groups in total. The molecule has 1 unspecified atom stereocenters. The topological polar surface area (TPSA) is 74.8 Å². The van der Waals surface area contributed by atoms with E-state index in [9.17, 15) is 4.79 Å². The standard InChI is InChI=1S/C22H30N4O2S.HI/c1-4-23-22(25-14-17(2)29-20-8-6-5-7-9-20)26-16-21(27)24-15-18-10-12-19(28-3)13-11-18;/h5-13,17H,4,14-16H2,1-3H3,(H,24,27)(H2,23,25,26);1H. The Morgan fingerprint density at radius 2 is 1.77 bits per heavy atom. The molecule has 0 spiro atoms. The van der Waals surface area contributed by atoms with Gasteiger partial charge in [0.15, 0.2) is 5.96 Å². The molecule has 2 aromatic rings. The second kappa shape index (κ2) is 15.0. The summed E-state index contributed by atoms with van der Waals surface area (Å²) in [5.41, 5.74) is 1.01. The molecule has 0 aliphatic rings. The van der Waals surface area contributed by atoms with Crippen LogP contribution in [0.25, 0.3) is 0 Å². The Morgan fingerprint density at radius 3 is 2.40 bits per heavy atom. The van der Waals surface area contributed by atoms with Crippen molar-refractivity contribution in [3.05, 3.63) is 60.2 Å². The van der Waals surface area contributed by atoms with E-state index in [2.05, 4.69) is 40.0 Å². The van der Waals surface area contributed by atoms with E-state index in [1.807, 2.05) is 49.4 Å². The molecule has 0 aromatic heterocycles. The second-order valence-corrected chi connectivity index (χ2v) is 7.95. The lowest BCUT2D eigenvalue weighted by atomic mass is 10.2. The molecule has 0 aliphatic carbocycles. The lowest BCUT2D eigenvalue weighted by Gasteiger charge is -2.15. The fraction of sp³-hybridized carbons (Fsp3) is 0.364. The van der Waals surface area contributed by atoms with Gasteiger partial charge in [-0.2, -0.15) is 0 Å². The molecule has 1 amide bonds. The minimum atomic E-state index is -0.121. The monoisotopic (exact) mass is 542 g/mol. The molecule has 0 bridgehead atoms. The molecule has 6 nitrogen and oxygen atoms in total. The number of thioether (sulfide) groups is 1. The Hall–Kier alpha value is -1.94. The highest BCUT2D eigenvalue weighted by Crippen LogP contribution is 2.21. The van der Waals surface area contributed by atoms with Crippen LogP contribution >= 0.6 is 35.7 Å². The summed E-state index contributed by atoms with van der Waals surface area (Å²) in [5.74, 6) is 1.32. The molecule has 1 atom stereocenters. The number of halogens is 1. The Balaban J connectivity index is 0.00000450. The average molecular weight is 542 g/mol. The first kappa shape index (κ1) is 26.1. The minimum Gasteiger partial charge on any atom is -0.497 e. The van der Waals surface area contributed by atoms with Crippen LogP contribution in [0.15, 0.2) is 64.5 Å². The van der Waals surface area contributed by atoms with Crippen molar-refractivity contribution >= 4 is 47.6 Å². The number of aliphatic imine (C=N–C) groups is 1. The van der Waals surface area contributed by atoms with Gasteiger partial charge in [-0.05, 0) is 36.8 Å². The van der Waals surface area contributed by atoms with E-state index in [4.69, 9.17) is 4.74 Å². The van der Waals surface area contributed by atoms with Gasteiger partial charge in [-0.15, -0.1) is 35.7 Å². The summed E-state index contributed by atoms with van der Waals surface area (Å²) in [6, 6.07) is 17.9. The van der Waals surface area contributed by atoms with Gasteiger partial charge in [0.2, 0.25) is 5.91 Å². The van der Waals surface area contributed by atoms with Crippen LogP contribution in [0, 0.1) is 0 Å². The third kappa shape index (κ3) is 10.2. The van der Waals surface area contributed by atoms with Crippen molar-refractivity contribution in [2.75, 3.05) is 26.7 Å². The van der Waals surface area contributed by atoms with Gasteiger partial charge in [0.25, 0.3) is 0 Å². The van der Waals surface area contributed by atoms with Crippen LogP contribution in [0.1, 0.15) is 19.4 Å². The number of nitrogens with zero attached hydrogens (tertiary/aromatic N) is 1. The molecule has 2 rings (SSSR count). The lowest BCUT2D eigenvalue weighted by molar-refractivity contribution is -0.119. The molecule has 0 aliphatic heterocycles. The summed E-state index contributed by atoms with van der Waals surface area (Å²) >= 11 is 1.80. The molecule has 0 saturated heterocycles. The van der Waals surface area contributed by atoms with Crippen LogP contribution in [0.3, 0.4) is 0 Å². The number of carbonyl (C=O) groups excluding carboxylic acids is 1. The molecule has 0 radical (unpaired) electrons. The number of rotatable bonds is 10. The number of ether oxygens (including phenoxy) is 1. The van der Waals surface area contributed by atoms with Gasteiger partial charge in [0.1, 0.15) is 12.3 Å². The summed E-state index contributed by atoms with van der Waals surface area (Å²) in [5, 5.41) is 9.74. The lowest BCUT2D eigenvalue weighted by Crippen LogP contribution is -2.40. The van der Waals surface area contributed by atoms with Crippen LogP contribution < -0.4 is 20.7 Å². The molecule has 164 valence electrons. The Bertz CT molecular complexity index is 772. The zero-order chi connectivity index (χ0) is 20.9. The molecule has 30 heavy (non-hydrogen) atoms. The summed E-state index contributed by atoms with van der Waals surface area (Å²) < 4.78 is 5.14. The summed E-state index contributed by atoms with van der Waals surface area (Å²) in [6.07, 6.45) is 0. The highest BCUT2D eigenvalue weighted by atomic mass is 127. The Kier molecular flexibility index (Phi) is 13.0. The smallest absolute Gasteiger partial charge is 0.242 e. The first-order chi connectivity index (χ1) is 14.1. The van der Waals surface area contributed by atoms with Gasteiger partial charge >= 0.3 is 0 Å². The number of hydrogen-bond donors (Lipinski definition) is 3. The van der Waals surface area contributed by atoms with Crippen molar-refractivity contribution in [2.45, 2.75) is 30.5 Å². The fourth-order valence-electron chi connectivity index (χ4n) is 2.51. The van der Waals surface area contributed by atoms with Crippen molar-refractivity contribution in [3.63, 3.8) is 0 Å². The number of benzene rings is 2. The third-order valence-corrected chi connectivity index (χ3v) is 5.12. The van der Waals surface area contributed by atoms with E-state index in [1.165, 1.54) is 4.90 Å². The van der Waals surface area contributed by atoms with E-state index in [0.717, 1.165) is 24.4 Å². The third-order valence-electron chi connectivity index (χ3n) is 4.01. The first-order valence-corrected chi connectivity index (χ1v) is 10.6. The molecular weight excluding hydrogens is 511 g/mol. The maximum absolute atomic E-state index is 12.1. The molecule has 0 heterocycles. The van der Waals surface area contributed by atoms with Gasteiger partial charge in [0, 0.05) is 29.8 Å². The predicted octanol–water partition coefficient (Wildman–Crippen LogP) is 3.67. The summed E-state index contributed by atoms with van der Waals surface area (Å²) in [6.45, 7) is 6.19. The van der Waals surface area contributed by atoms with Gasteiger partial charge in [-0.1, -0.05) is 37.3 Å². The van der Waals surface area contributed by atoms with E-state index >= 15 is 0 Å². The zero-order valence-corrected chi connectivity index (χ0v) is 20.8. The van der Waals surface area contributed by atoms with Crippen LogP contribution in [-0.4, -0.2) is 43.9 Å². The number of nitrogens with one attached hydrogen (secondary N) is 3. The van der Waals surface area contributed by atoms with Crippen molar-refractivity contribution in [1.82, 2.24) is 16.0 Å². The normalized spacial score (nSPS) is 11.8. The van der Waals surface area contributed by atoms with Crippen molar-refractivity contribution in [2.24, 2.45) is 4.99 Å². The molecule has 0 fully saturated rings. The summed E-state index contributed by atoms with van der Waals surface area (Å²) in [4.78, 5) is 17.7. The van der Waals surface area contributed by atoms with Crippen molar-refractivity contribution < 1.29 is 9.53 Å². The van der Waals surface area contributed by atoms with E-state index in [0.29, 0.717) is 17.8 Å².